The Labute approximate surface area is 338 Å². The Balaban J connectivity index is 3.57. The van der Waals surface area contributed by atoms with Crippen LogP contribution in [0, 0.1) is 0 Å². The van der Waals surface area contributed by atoms with Crippen LogP contribution in [0.3, 0.4) is 0 Å². The van der Waals surface area contributed by atoms with Crippen molar-refractivity contribution in [3.8, 4) is 0 Å². The van der Waals surface area contributed by atoms with E-state index in [4.69, 9.17) is 0 Å². The molecule has 0 aliphatic rings. The zero-order chi connectivity index (χ0) is 39.3. The lowest BCUT2D eigenvalue weighted by Gasteiger charge is -2.19. The molecule has 0 aromatic carbocycles. The van der Waals surface area contributed by atoms with Gasteiger partial charge in [0.2, 0.25) is 5.91 Å². The third-order valence-corrected chi connectivity index (χ3v) is 11.1. The molecule has 54 heavy (non-hydrogen) atoms. The number of carbonyl (C=O) groups excluding carboxylic acids is 1. The van der Waals surface area contributed by atoms with Crippen molar-refractivity contribution >= 4 is 5.91 Å². The van der Waals surface area contributed by atoms with E-state index in [1.165, 1.54) is 199 Å². The Bertz CT molecular complexity index is 821. The van der Waals surface area contributed by atoms with E-state index in [0.29, 0.717) is 6.42 Å². The monoisotopic (exact) mass is 758 g/mol. The van der Waals surface area contributed by atoms with Crippen LogP contribution < -0.4 is 5.32 Å². The van der Waals surface area contributed by atoms with Gasteiger partial charge >= 0.3 is 0 Å². The minimum atomic E-state index is -0.867. The Morgan fingerprint density at radius 1 is 0.426 bits per heavy atom. The summed E-state index contributed by atoms with van der Waals surface area (Å²) in [6, 6.07) is -0.642. The van der Waals surface area contributed by atoms with Gasteiger partial charge in [-0.25, -0.2) is 0 Å². The van der Waals surface area contributed by atoms with Crippen LogP contribution in [0.2, 0.25) is 0 Å². The molecule has 0 rings (SSSR count). The standard InChI is InChI=1S/C50H95NO3/c1-3-5-7-9-11-13-15-17-19-21-23-25-26-28-30-32-34-36-38-40-42-44-46-50(54)51-48(47-52)49(53)45-43-41-39-37-35-33-31-29-27-24-22-20-18-16-14-12-10-8-6-4-2/h27,29,35,37,43,45,48-49,52-53H,3-26,28,30-34,36,38-42,44,46-47H2,1-2H3,(H,51,54)/b29-27+,37-35+,45-43+. The molecule has 0 bridgehead atoms. The molecule has 1 amide bonds. The molecule has 4 nitrogen and oxygen atoms in total. The summed E-state index contributed by atoms with van der Waals surface area (Å²) < 4.78 is 0. The molecule has 0 aromatic heterocycles. The number of allylic oxidation sites excluding steroid dienone is 5. The Kier molecular flexibility index (Phi) is 44.8. The predicted molar refractivity (Wildman–Crippen MR) is 239 cm³/mol. The number of hydrogen-bond donors (Lipinski definition) is 3. The average Bonchev–Trinajstić information content (AvgIpc) is 3.18. The molecular formula is C50H95NO3. The molecule has 0 radical (unpaired) electrons. The number of aliphatic hydroxyl groups is 2. The molecule has 0 spiro atoms. The van der Waals surface area contributed by atoms with Crippen LogP contribution in [0.5, 0.6) is 0 Å². The average molecular weight is 758 g/mol. The van der Waals surface area contributed by atoms with Crippen molar-refractivity contribution in [1.82, 2.24) is 5.32 Å². The van der Waals surface area contributed by atoms with Gasteiger partial charge < -0.3 is 15.5 Å². The van der Waals surface area contributed by atoms with E-state index in [-0.39, 0.29) is 12.5 Å². The highest BCUT2D eigenvalue weighted by atomic mass is 16.3. The fourth-order valence-electron chi connectivity index (χ4n) is 7.39. The van der Waals surface area contributed by atoms with Crippen molar-refractivity contribution in [3.63, 3.8) is 0 Å². The molecule has 0 aliphatic carbocycles. The van der Waals surface area contributed by atoms with Gasteiger partial charge in [-0.3, -0.25) is 4.79 Å². The maximum absolute atomic E-state index is 12.4. The zero-order valence-electron chi connectivity index (χ0n) is 36.5. The summed E-state index contributed by atoms with van der Waals surface area (Å²) in [5, 5.41) is 23.0. The molecule has 0 fully saturated rings. The second-order valence-corrected chi connectivity index (χ2v) is 16.5. The molecule has 4 heteroatoms. The Hall–Kier alpha value is -1.39. The third kappa shape index (κ3) is 41.8. The van der Waals surface area contributed by atoms with Crippen LogP contribution in [0.4, 0.5) is 0 Å². The first-order valence-corrected chi connectivity index (χ1v) is 24.2. The molecule has 3 N–H and O–H groups in total. The SMILES string of the molecule is CCCCCCCCCCCC/C=C/CC/C=C/CC/C=C/C(O)C(CO)NC(=O)CCCCCCCCCCCCCCCCCCCCCCCC. The quantitative estimate of drug-likeness (QED) is 0.0428. The number of aliphatic hydroxyl groups excluding tert-OH is 2. The van der Waals surface area contributed by atoms with Gasteiger partial charge in [0, 0.05) is 6.42 Å². The number of amides is 1. The van der Waals surface area contributed by atoms with E-state index in [0.717, 1.165) is 38.5 Å². The molecule has 2 atom stereocenters. The van der Waals surface area contributed by atoms with Gasteiger partial charge in [0.05, 0.1) is 18.8 Å². The Morgan fingerprint density at radius 2 is 0.722 bits per heavy atom. The highest BCUT2D eigenvalue weighted by Crippen LogP contribution is 2.16. The maximum atomic E-state index is 12.4. The number of carbonyl (C=O) groups is 1. The molecule has 2 unspecified atom stereocenters. The van der Waals surface area contributed by atoms with Crippen LogP contribution in [-0.4, -0.2) is 34.9 Å². The first-order valence-electron chi connectivity index (χ1n) is 24.2. The van der Waals surface area contributed by atoms with E-state index >= 15 is 0 Å². The van der Waals surface area contributed by atoms with Crippen molar-refractivity contribution in [2.45, 2.75) is 270 Å². The molecule has 0 heterocycles. The van der Waals surface area contributed by atoms with Crippen LogP contribution in [0.15, 0.2) is 36.5 Å². The number of nitrogens with one attached hydrogen (secondary N) is 1. The summed E-state index contributed by atoms with van der Waals surface area (Å²) in [6.45, 7) is 4.31. The van der Waals surface area contributed by atoms with Gasteiger partial charge in [0.1, 0.15) is 0 Å². The summed E-state index contributed by atoms with van der Waals surface area (Å²) in [5.41, 5.74) is 0. The van der Waals surface area contributed by atoms with Crippen LogP contribution in [-0.2, 0) is 4.79 Å². The van der Waals surface area contributed by atoms with Crippen molar-refractivity contribution in [2.75, 3.05) is 6.61 Å². The van der Waals surface area contributed by atoms with Crippen molar-refractivity contribution in [1.29, 1.82) is 0 Å². The van der Waals surface area contributed by atoms with E-state index < -0.39 is 12.1 Å². The molecule has 0 aromatic rings. The van der Waals surface area contributed by atoms with Crippen molar-refractivity contribution in [3.05, 3.63) is 36.5 Å². The predicted octanol–water partition coefficient (Wildman–Crippen LogP) is 15.4. The van der Waals surface area contributed by atoms with Crippen molar-refractivity contribution in [2.24, 2.45) is 0 Å². The van der Waals surface area contributed by atoms with Gasteiger partial charge in [0.15, 0.2) is 0 Å². The lowest BCUT2D eigenvalue weighted by atomic mass is 10.0. The highest BCUT2D eigenvalue weighted by Gasteiger charge is 2.17. The fraction of sp³-hybridized carbons (Fsp3) is 0.860. The third-order valence-electron chi connectivity index (χ3n) is 11.1. The fourth-order valence-corrected chi connectivity index (χ4v) is 7.39. The first-order chi connectivity index (χ1) is 26.7. The smallest absolute Gasteiger partial charge is 0.220 e. The lowest BCUT2D eigenvalue weighted by molar-refractivity contribution is -0.123. The Morgan fingerprint density at radius 3 is 1.07 bits per heavy atom. The summed E-state index contributed by atoms with van der Waals surface area (Å²) in [4.78, 5) is 12.4. The van der Waals surface area contributed by atoms with E-state index in [1.54, 1.807) is 6.08 Å². The van der Waals surface area contributed by atoms with Crippen LogP contribution in [0.25, 0.3) is 0 Å². The molecular weight excluding hydrogens is 663 g/mol. The molecule has 0 saturated heterocycles. The van der Waals surface area contributed by atoms with Gasteiger partial charge in [-0.1, -0.05) is 243 Å². The van der Waals surface area contributed by atoms with Crippen LogP contribution in [0.1, 0.15) is 258 Å². The summed E-state index contributed by atoms with van der Waals surface area (Å²) in [7, 11) is 0. The molecule has 0 saturated carbocycles. The van der Waals surface area contributed by atoms with E-state index in [1.807, 2.05) is 6.08 Å². The number of hydrogen-bond acceptors (Lipinski definition) is 3. The van der Waals surface area contributed by atoms with Gasteiger partial charge in [-0.05, 0) is 44.9 Å². The summed E-state index contributed by atoms with van der Waals surface area (Å²) >= 11 is 0. The number of unbranched alkanes of at least 4 members (excludes halogenated alkanes) is 33. The first kappa shape index (κ1) is 52.6. The van der Waals surface area contributed by atoms with Gasteiger partial charge in [0.25, 0.3) is 0 Å². The minimum Gasteiger partial charge on any atom is -0.394 e. The second kappa shape index (κ2) is 46.0. The molecule has 318 valence electrons. The zero-order valence-corrected chi connectivity index (χ0v) is 36.5. The van der Waals surface area contributed by atoms with Gasteiger partial charge in [-0.15, -0.1) is 0 Å². The van der Waals surface area contributed by atoms with E-state index in [9.17, 15) is 15.0 Å². The largest absolute Gasteiger partial charge is 0.394 e. The normalized spacial score (nSPS) is 13.2. The summed E-state index contributed by atoms with van der Waals surface area (Å²) in [5.74, 6) is -0.0739. The maximum Gasteiger partial charge on any atom is 0.220 e. The van der Waals surface area contributed by atoms with E-state index in [2.05, 4.69) is 43.5 Å². The second-order valence-electron chi connectivity index (χ2n) is 16.5. The summed E-state index contributed by atoms with van der Waals surface area (Å²) in [6.07, 6.45) is 61.3. The minimum absolute atomic E-state index is 0.0739. The van der Waals surface area contributed by atoms with Crippen LogP contribution >= 0.6 is 0 Å². The number of rotatable bonds is 44. The van der Waals surface area contributed by atoms with Crippen molar-refractivity contribution < 1.29 is 15.0 Å². The highest BCUT2D eigenvalue weighted by molar-refractivity contribution is 5.76. The lowest BCUT2D eigenvalue weighted by Crippen LogP contribution is -2.45. The molecule has 0 aliphatic heterocycles. The van der Waals surface area contributed by atoms with Gasteiger partial charge in [-0.2, -0.15) is 0 Å². The topological polar surface area (TPSA) is 69.6 Å².